The largest absolute Gasteiger partial charge is 0.300 e. The van der Waals surface area contributed by atoms with Gasteiger partial charge in [0, 0.05) is 21.9 Å². The molecule has 2 heteroatoms. The predicted octanol–water partition coefficient (Wildman–Crippen LogP) is 5.23. The minimum Gasteiger partial charge on any atom is -0.300 e. The Morgan fingerprint density at radius 2 is 1.33 bits per heavy atom. The second kappa shape index (κ2) is 4.59. The van der Waals surface area contributed by atoms with Crippen LogP contribution in [0, 0.1) is 0 Å². The van der Waals surface area contributed by atoms with E-state index in [1.165, 1.54) is 17.1 Å². The van der Waals surface area contributed by atoms with Gasteiger partial charge in [-0.15, -0.1) is 0 Å². The van der Waals surface area contributed by atoms with Crippen LogP contribution in [0.3, 0.4) is 0 Å². The first kappa shape index (κ1) is 16.1. The monoisotopic (exact) mass is 286 g/mol. The molecule has 0 amide bonds. The van der Waals surface area contributed by atoms with E-state index in [2.05, 4.69) is 84.9 Å². The molecule has 0 aliphatic carbocycles. The van der Waals surface area contributed by atoms with E-state index in [9.17, 15) is 0 Å². The number of pyridine rings is 1. The van der Waals surface area contributed by atoms with Crippen LogP contribution in [-0.2, 0) is 16.2 Å². The van der Waals surface area contributed by atoms with E-state index < -0.39 is 0 Å². The summed E-state index contributed by atoms with van der Waals surface area (Å²) in [6.45, 7) is 20.4. The van der Waals surface area contributed by atoms with Gasteiger partial charge in [-0.05, 0) is 12.1 Å². The van der Waals surface area contributed by atoms with Gasteiger partial charge in [0.15, 0.2) is 0 Å². The molecule has 21 heavy (non-hydrogen) atoms. The summed E-state index contributed by atoms with van der Waals surface area (Å²) in [5.74, 6) is 0. The number of nitrogens with zero attached hydrogens (tertiary/aromatic N) is 2. The standard InChI is InChI=1S/C19H30N2/c1-17(2,3)13-11-10-12-14-20-15(18(4,5)6)16(21(13)14)19(7,8)9/h10-12H,1-9H3. The summed E-state index contributed by atoms with van der Waals surface area (Å²) in [4.78, 5) is 4.99. The van der Waals surface area contributed by atoms with E-state index in [1.807, 2.05) is 0 Å². The van der Waals surface area contributed by atoms with Crippen LogP contribution < -0.4 is 0 Å². The quantitative estimate of drug-likeness (QED) is 0.648. The van der Waals surface area contributed by atoms with E-state index in [0.717, 1.165) is 5.65 Å². The summed E-state index contributed by atoms with van der Waals surface area (Å²) < 4.78 is 2.39. The first-order valence-electron chi connectivity index (χ1n) is 7.86. The third kappa shape index (κ3) is 2.86. The molecule has 2 aromatic heterocycles. The first-order valence-corrected chi connectivity index (χ1v) is 7.86. The van der Waals surface area contributed by atoms with Gasteiger partial charge in [-0.1, -0.05) is 68.4 Å². The lowest BCUT2D eigenvalue weighted by molar-refractivity contribution is 0.491. The third-order valence-electron chi connectivity index (χ3n) is 3.83. The summed E-state index contributed by atoms with van der Waals surface area (Å²) >= 11 is 0. The van der Waals surface area contributed by atoms with Gasteiger partial charge in [0.2, 0.25) is 0 Å². The van der Waals surface area contributed by atoms with Gasteiger partial charge in [0.25, 0.3) is 0 Å². The molecule has 2 nitrogen and oxygen atoms in total. The Kier molecular flexibility index (Phi) is 3.51. The van der Waals surface area contributed by atoms with Gasteiger partial charge >= 0.3 is 0 Å². The smallest absolute Gasteiger partial charge is 0.137 e. The van der Waals surface area contributed by atoms with Crippen molar-refractivity contribution in [3.63, 3.8) is 0 Å². The van der Waals surface area contributed by atoms with Crippen LogP contribution in [0.4, 0.5) is 0 Å². The summed E-state index contributed by atoms with van der Waals surface area (Å²) in [5.41, 5.74) is 5.15. The van der Waals surface area contributed by atoms with Gasteiger partial charge in [-0.2, -0.15) is 0 Å². The van der Waals surface area contributed by atoms with Crippen molar-refractivity contribution < 1.29 is 0 Å². The zero-order valence-electron chi connectivity index (χ0n) is 15.1. The highest BCUT2D eigenvalue weighted by Gasteiger charge is 2.32. The first-order chi connectivity index (χ1) is 9.33. The summed E-state index contributed by atoms with van der Waals surface area (Å²) in [7, 11) is 0. The Morgan fingerprint density at radius 1 is 0.762 bits per heavy atom. The maximum atomic E-state index is 4.99. The molecular weight excluding hydrogens is 256 g/mol. The van der Waals surface area contributed by atoms with Gasteiger partial charge in [0.05, 0.1) is 11.4 Å². The predicted molar refractivity (Wildman–Crippen MR) is 91.3 cm³/mol. The van der Waals surface area contributed by atoms with Crippen molar-refractivity contribution >= 4 is 5.65 Å². The van der Waals surface area contributed by atoms with Crippen molar-refractivity contribution in [2.45, 2.75) is 78.6 Å². The molecule has 0 radical (unpaired) electrons. The van der Waals surface area contributed by atoms with Crippen LogP contribution in [0.5, 0.6) is 0 Å². The number of hydrogen-bond donors (Lipinski definition) is 0. The highest BCUT2D eigenvalue weighted by molar-refractivity contribution is 5.49. The molecule has 0 bridgehead atoms. The Hall–Kier alpha value is -1.31. The van der Waals surface area contributed by atoms with E-state index in [-0.39, 0.29) is 16.2 Å². The Balaban J connectivity index is 2.98. The highest BCUT2D eigenvalue weighted by Crippen LogP contribution is 2.36. The van der Waals surface area contributed by atoms with Gasteiger partial charge in [0.1, 0.15) is 5.65 Å². The lowest BCUT2D eigenvalue weighted by Gasteiger charge is -2.29. The minimum atomic E-state index is 0.0454. The molecule has 0 unspecified atom stereocenters. The molecule has 0 saturated heterocycles. The van der Waals surface area contributed by atoms with Gasteiger partial charge in [-0.25, -0.2) is 4.98 Å². The fourth-order valence-corrected chi connectivity index (χ4v) is 2.89. The summed E-state index contributed by atoms with van der Waals surface area (Å²) in [6, 6.07) is 6.48. The average molecular weight is 286 g/mol. The van der Waals surface area contributed by atoms with Crippen LogP contribution in [0.1, 0.15) is 79.4 Å². The molecule has 116 valence electrons. The Morgan fingerprint density at radius 3 is 1.76 bits per heavy atom. The Labute approximate surface area is 129 Å². The molecule has 0 N–H and O–H groups in total. The lowest BCUT2D eigenvalue weighted by Crippen LogP contribution is -2.25. The number of aromatic nitrogens is 2. The van der Waals surface area contributed by atoms with E-state index >= 15 is 0 Å². The molecule has 0 aliphatic rings. The molecule has 0 atom stereocenters. The number of imidazole rings is 1. The number of fused-ring (bicyclic) bond motifs is 1. The second-order valence-corrected chi connectivity index (χ2v) is 9.16. The number of rotatable bonds is 0. The summed E-state index contributed by atoms with van der Waals surface area (Å²) in [6.07, 6.45) is 0. The summed E-state index contributed by atoms with van der Waals surface area (Å²) in [5, 5.41) is 0. The zero-order valence-corrected chi connectivity index (χ0v) is 15.1. The second-order valence-electron chi connectivity index (χ2n) is 9.16. The fourth-order valence-electron chi connectivity index (χ4n) is 2.89. The highest BCUT2D eigenvalue weighted by atomic mass is 15.1. The molecule has 2 aromatic rings. The van der Waals surface area contributed by atoms with Gasteiger partial charge in [-0.3, -0.25) is 4.40 Å². The zero-order chi connectivity index (χ0) is 16.2. The molecule has 2 rings (SSSR count). The van der Waals surface area contributed by atoms with Crippen LogP contribution in [0.15, 0.2) is 18.2 Å². The average Bonchev–Trinajstić information content (AvgIpc) is 2.65. The molecule has 0 aliphatic heterocycles. The maximum Gasteiger partial charge on any atom is 0.137 e. The van der Waals surface area contributed by atoms with E-state index in [1.54, 1.807) is 0 Å². The van der Waals surface area contributed by atoms with Crippen LogP contribution in [-0.4, -0.2) is 9.38 Å². The Bertz CT molecular complexity index is 656. The van der Waals surface area contributed by atoms with Crippen LogP contribution in [0.25, 0.3) is 5.65 Å². The van der Waals surface area contributed by atoms with Gasteiger partial charge < -0.3 is 0 Å². The topological polar surface area (TPSA) is 17.3 Å². The van der Waals surface area contributed by atoms with Crippen molar-refractivity contribution in [2.75, 3.05) is 0 Å². The fraction of sp³-hybridized carbons (Fsp3) is 0.632. The molecule has 0 aromatic carbocycles. The van der Waals surface area contributed by atoms with Crippen LogP contribution >= 0.6 is 0 Å². The van der Waals surface area contributed by atoms with Crippen molar-refractivity contribution in [1.29, 1.82) is 0 Å². The lowest BCUT2D eigenvalue weighted by atomic mass is 9.81. The van der Waals surface area contributed by atoms with Crippen molar-refractivity contribution in [1.82, 2.24) is 9.38 Å². The number of hydrogen-bond acceptors (Lipinski definition) is 1. The van der Waals surface area contributed by atoms with Crippen molar-refractivity contribution in [3.8, 4) is 0 Å². The van der Waals surface area contributed by atoms with E-state index in [0.29, 0.717) is 0 Å². The van der Waals surface area contributed by atoms with Crippen molar-refractivity contribution in [2.24, 2.45) is 0 Å². The minimum absolute atomic E-state index is 0.0454. The normalized spacial score (nSPS) is 14.0. The van der Waals surface area contributed by atoms with Crippen LogP contribution in [0.2, 0.25) is 0 Å². The SMILES string of the molecule is CC(C)(C)c1nc2cccc(C(C)(C)C)n2c1C(C)(C)C. The maximum absolute atomic E-state index is 4.99. The molecular formula is C19H30N2. The molecule has 0 spiro atoms. The molecule has 2 heterocycles. The molecule has 0 saturated carbocycles. The molecule has 0 fully saturated rings. The van der Waals surface area contributed by atoms with E-state index in [4.69, 9.17) is 4.98 Å². The van der Waals surface area contributed by atoms with Crippen molar-refractivity contribution in [3.05, 3.63) is 35.3 Å². The third-order valence-corrected chi connectivity index (χ3v) is 3.83.